The Kier molecular flexibility index (Phi) is 9.02. The molecule has 0 atom stereocenters. The molecule has 0 radical (unpaired) electrons. The highest BCUT2D eigenvalue weighted by Crippen LogP contribution is 2.36. The molecule has 0 aliphatic carbocycles. The number of unbranched alkanes of at least 4 members (excludes halogenated alkanes) is 6. The van der Waals surface area contributed by atoms with Crippen LogP contribution >= 0.6 is 0 Å². The number of carbonyl (C=O) groups excluding carboxylic acids is 1. The first-order valence-corrected chi connectivity index (χ1v) is 10.1. The number of hydrogen-bond donors (Lipinski definition) is 0. The molecule has 26 heavy (non-hydrogen) atoms. The van der Waals surface area contributed by atoms with Crippen molar-refractivity contribution in [3.05, 3.63) is 35.9 Å². The molecule has 2 rings (SSSR count). The van der Waals surface area contributed by atoms with Crippen molar-refractivity contribution in [2.24, 2.45) is 0 Å². The van der Waals surface area contributed by atoms with Crippen LogP contribution in [-0.4, -0.2) is 19.5 Å². The predicted molar refractivity (Wildman–Crippen MR) is 109 cm³/mol. The quantitative estimate of drug-likeness (QED) is 0.301. The van der Waals surface area contributed by atoms with Crippen molar-refractivity contribution in [2.75, 3.05) is 13.2 Å². The van der Waals surface area contributed by atoms with E-state index in [1.165, 1.54) is 32.1 Å². The van der Waals surface area contributed by atoms with Gasteiger partial charge in [0.15, 0.2) is 6.29 Å². The molecule has 142 valence electrons. The Labute approximate surface area is 157 Å². The summed E-state index contributed by atoms with van der Waals surface area (Å²) in [7, 11) is 0. The van der Waals surface area contributed by atoms with E-state index in [9.17, 15) is 4.79 Å². The fraction of sp³-hybridized carbons (Fsp3) is 0.522. The summed E-state index contributed by atoms with van der Waals surface area (Å²) in [6.07, 6.45) is 10.1. The number of fused-ring (bicyclic) bond motifs is 1. The molecular weight excluding hydrogens is 324 g/mol. The molecule has 3 heteroatoms. The van der Waals surface area contributed by atoms with Gasteiger partial charge in [-0.3, -0.25) is 4.79 Å². The average molecular weight is 357 g/mol. The van der Waals surface area contributed by atoms with Crippen LogP contribution in [0.4, 0.5) is 0 Å². The minimum Gasteiger partial charge on any atom is -0.493 e. The lowest BCUT2D eigenvalue weighted by Gasteiger charge is -2.16. The standard InChI is InChI=1S/C23H32O3/c1-3-5-7-11-15-25-22-17-19(18-24)23(26-16-12-8-6-4-2)21-14-10-9-13-20(21)22/h9-10,13-14,17-18H,3-8,11-12,15-16H2,1-2H3. The third-order valence-electron chi connectivity index (χ3n) is 4.61. The van der Waals surface area contributed by atoms with Crippen molar-refractivity contribution in [3.8, 4) is 11.5 Å². The van der Waals surface area contributed by atoms with Crippen LogP contribution in [0.15, 0.2) is 30.3 Å². The second-order valence-electron chi connectivity index (χ2n) is 6.77. The number of ether oxygens (including phenoxy) is 2. The molecule has 0 aromatic heterocycles. The maximum atomic E-state index is 11.6. The molecule has 2 aromatic carbocycles. The van der Waals surface area contributed by atoms with E-state index in [-0.39, 0.29) is 0 Å². The van der Waals surface area contributed by atoms with E-state index in [0.29, 0.717) is 24.5 Å². The molecule has 0 fully saturated rings. The molecule has 0 saturated carbocycles. The van der Waals surface area contributed by atoms with E-state index in [1.807, 2.05) is 30.3 Å². The van der Waals surface area contributed by atoms with Gasteiger partial charge in [0.1, 0.15) is 11.5 Å². The molecule has 0 heterocycles. The van der Waals surface area contributed by atoms with Crippen LogP contribution in [0.25, 0.3) is 10.8 Å². The van der Waals surface area contributed by atoms with E-state index in [1.54, 1.807) is 0 Å². The Hall–Kier alpha value is -2.03. The third kappa shape index (κ3) is 5.76. The van der Waals surface area contributed by atoms with Crippen molar-refractivity contribution >= 4 is 17.1 Å². The van der Waals surface area contributed by atoms with Crippen LogP contribution in [0.2, 0.25) is 0 Å². The number of benzene rings is 2. The molecular formula is C23H32O3. The van der Waals surface area contributed by atoms with E-state index < -0.39 is 0 Å². The van der Waals surface area contributed by atoms with Gasteiger partial charge in [0.2, 0.25) is 0 Å². The van der Waals surface area contributed by atoms with Crippen LogP contribution in [0.5, 0.6) is 11.5 Å². The number of hydrogen-bond acceptors (Lipinski definition) is 3. The smallest absolute Gasteiger partial charge is 0.153 e. The lowest BCUT2D eigenvalue weighted by molar-refractivity contribution is 0.111. The van der Waals surface area contributed by atoms with Crippen molar-refractivity contribution in [1.82, 2.24) is 0 Å². The van der Waals surface area contributed by atoms with Crippen LogP contribution in [0.3, 0.4) is 0 Å². The summed E-state index contributed by atoms with van der Waals surface area (Å²) in [5.41, 5.74) is 0.572. The lowest BCUT2D eigenvalue weighted by atomic mass is 10.0. The maximum Gasteiger partial charge on any atom is 0.153 e. The molecule has 0 bridgehead atoms. The summed E-state index contributed by atoms with van der Waals surface area (Å²) in [4.78, 5) is 11.6. The summed E-state index contributed by atoms with van der Waals surface area (Å²) >= 11 is 0. The highest BCUT2D eigenvalue weighted by molar-refractivity contribution is 6.00. The lowest BCUT2D eigenvalue weighted by Crippen LogP contribution is -2.03. The van der Waals surface area contributed by atoms with Gasteiger partial charge in [0.05, 0.1) is 18.8 Å². The molecule has 0 saturated heterocycles. The zero-order chi connectivity index (χ0) is 18.6. The summed E-state index contributed by atoms with van der Waals surface area (Å²) in [5, 5.41) is 1.97. The highest BCUT2D eigenvalue weighted by Gasteiger charge is 2.14. The van der Waals surface area contributed by atoms with Gasteiger partial charge in [-0.1, -0.05) is 76.6 Å². The van der Waals surface area contributed by atoms with E-state index in [4.69, 9.17) is 9.47 Å². The fourth-order valence-electron chi connectivity index (χ4n) is 3.12. The summed E-state index contributed by atoms with van der Waals surface area (Å²) in [5.74, 6) is 1.46. The second-order valence-corrected chi connectivity index (χ2v) is 6.77. The minimum absolute atomic E-state index is 0.572. The maximum absolute atomic E-state index is 11.6. The molecule has 0 aliphatic rings. The Morgan fingerprint density at radius 3 is 2.04 bits per heavy atom. The van der Waals surface area contributed by atoms with Gasteiger partial charge < -0.3 is 9.47 Å². The zero-order valence-electron chi connectivity index (χ0n) is 16.3. The summed E-state index contributed by atoms with van der Waals surface area (Å²) < 4.78 is 12.0. The van der Waals surface area contributed by atoms with Crippen LogP contribution in [-0.2, 0) is 0 Å². The summed E-state index contributed by atoms with van der Waals surface area (Å²) in [6.45, 7) is 5.72. The number of rotatable bonds is 13. The monoisotopic (exact) mass is 356 g/mol. The van der Waals surface area contributed by atoms with Gasteiger partial charge in [-0.05, 0) is 18.9 Å². The first-order valence-electron chi connectivity index (χ1n) is 10.1. The van der Waals surface area contributed by atoms with Gasteiger partial charge in [0.25, 0.3) is 0 Å². The van der Waals surface area contributed by atoms with E-state index in [2.05, 4.69) is 13.8 Å². The summed E-state index contributed by atoms with van der Waals surface area (Å²) in [6, 6.07) is 9.85. The van der Waals surface area contributed by atoms with Crippen molar-refractivity contribution < 1.29 is 14.3 Å². The second kappa shape index (κ2) is 11.6. The van der Waals surface area contributed by atoms with Gasteiger partial charge >= 0.3 is 0 Å². The number of aldehydes is 1. The molecule has 0 spiro atoms. The van der Waals surface area contributed by atoms with Crippen LogP contribution < -0.4 is 9.47 Å². The van der Waals surface area contributed by atoms with Crippen LogP contribution in [0, 0.1) is 0 Å². The Bertz CT molecular complexity index is 678. The number of carbonyl (C=O) groups is 1. The topological polar surface area (TPSA) is 35.5 Å². The first kappa shape index (κ1) is 20.3. The Morgan fingerprint density at radius 2 is 1.42 bits per heavy atom. The van der Waals surface area contributed by atoms with Crippen LogP contribution in [0.1, 0.15) is 75.6 Å². The van der Waals surface area contributed by atoms with Crippen molar-refractivity contribution in [1.29, 1.82) is 0 Å². The minimum atomic E-state index is 0.572. The normalized spacial score (nSPS) is 10.8. The molecule has 3 nitrogen and oxygen atoms in total. The molecule has 0 aliphatic heterocycles. The fourth-order valence-corrected chi connectivity index (χ4v) is 3.12. The SMILES string of the molecule is CCCCCCOc1cc(C=O)c(OCCCCCC)c2ccccc12. The van der Waals surface area contributed by atoms with Gasteiger partial charge in [-0.2, -0.15) is 0 Å². The van der Waals surface area contributed by atoms with E-state index >= 15 is 0 Å². The Balaban J connectivity index is 2.16. The predicted octanol–water partition coefficient (Wildman–Crippen LogP) is 6.57. The van der Waals surface area contributed by atoms with Crippen molar-refractivity contribution in [3.63, 3.8) is 0 Å². The molecule has 0 amide bonds. The third-order valence-corrected chi connectivity index (χ3v) is 4.61. The zero-order valence-corrected chi connectivity index (χ0v) is 16.3. The molecule has 0 N–H and O–H groups in total. The van der Waals surface area contributed by atoms with E-state index in [0.717, 1.165) is 42.1 Å². The Morgan fingerprint density at radius 1 is 0.808 bits per heavy atom. The van der Waals surface area contributed by atoms with Crippen molar-refractivity contribution in [2.45, 2.75) is 65.2 Å². The van der Waals surface area contributed by atoms with Gasteiger partial charge in [-0.25, -0.2) is 0 Å². The molecule has 0 unspecified atom stereocenters. The molecule has 2 aromatic rings. The van der Waals surface area contributed by atoms with Gasteiger partial charge in [-0.15, -0.1) is 0 Å². The first-order chi connectivity index (χ1) is 12.8. The largest absolute Gasteiger partial charge is 0.493 e. The van der Waals surface area contributed by atoms with Gasteiger partial charge in [0, 0.05) is 10.8 Å². The average Bonchev–Trinajstić information content (AvgIpc) is 2.68. The highest BCUT2D eigenvalue weighted by atomic mass is 16.5.